The molecule has 0 aromatic carbocycles. The molecule has 2 N–H and O–H groups in total. The maximum atomic E-state index is 11.6. The molecule has 1 amide bonds. The summed E-state index contributed by atoms with van der Waals surface area (Å²) in [5.74, 6) is -0.250. The number of aliphatic hydroxyl groups excluding tert-OH is 1. The van der Waals surface area contributed by atoms with E-state index in [4.69, 9.17) is 5.11 Å². The van der Waals surface area contributed by atoms with E-state index in [9.17, 15) is 4.79 Å². The lowest BCUT2D eigenvalue weighted by Gasteiger charge is -2.21. The number of nitrogens with zero attached hydrogens (tertiary/aromatic N) is 2. The van der Waals surface area contributed by atoms with Crippen molar-refractivity contribution >= 4 is 5.91 Å². The highest BCUT2D eigenvalue weighted by molar-refractivity contribution is 5.92. The number of carbonyl (C=O) groups excluding carboxylic acids is 1. The van der Waals surface area contributed by atoms with Gasteiger partial charge in [-0.25, -0.2) is 0 Å². The lowest BCUT2D eigenvalue weighted by Crippen LogP contribution is -2.28. The van der Waals surface area contributed by atoms with Gasteiger partial charge in [0.15, 0.2) is 0 Å². The number of carbonyl (C=O) groups is 1. The fourth-order valence-electron chi connectivity index (χ4n) is 1.52. The Balaban J connectivity index is 2.89. The Bertz CT molecular complexity index is 377. The summed E-state index contributed by atoms with van der Waals surface area (Å²) in [5, 5.41) is 15.4. The van der Waals surface area contributed by atoms with E-state index in [1.54, 1.807) is 6.07 Å². The Labute approximate surface area is 95.5 Å². The van der Waals surface area contributed by atoms with Crippen LogP contribution in [0.3, 0.4) is 0 Å². The number of amides is 1. The second kappa shape index (κ2) is 4.65. The standard InChI is InChI=1S/C11H19N3O2/c1-8-7-9(10(16)12-5-6-15)13-14(8)11(2,3)4/h7,15H,5-6H2,1-4H3,(H,12,16). The molecular weight excluding hydrogens is 206 g/mol. The number of nitrogens with one attached hydrogen (secondary N) is 1. The monoisotopic (exact) mass is 225 g/mol. The van der Waals surface area contributed by atoms with Crippen LogP contribution >= 0.6 is 0 Å². The van der Waals surface area contributed by atoms with Crippen molar-refractivity contribution in [3.63, 3.8) is 0 Å². The smallest absolute Gasteiger partial charge is 0.271 e. The number of aliphatic hydroxyl groups is 1. The van der Waals surface area contributed by atoms with Crippen LogP contribution in [-0.4, -0.2) is 33.9 Å². The minimum absolute atomic E-state index is 0.0648. The Hall–Kier alpha value is -1.36. The minimum atomic E-state index is -0.250. The van der Waals surface area contributed by atoms with Gasteiger partial charge in [0.1, 0.15) is 5.69 Å². The topological polar surface area (TPSA) is 67.2 Å². The van der Waals surface area contributed by atoms with Crippen LogP contribution in [0.1, 0.15) is 37.0 Å². The molecular formula is C11H19N3O2. The summed E-state index contributed by atoms with van der Waals surface area (Å²) >= 11 is 0. The van der Waals surface area contributed by atoms with Crippen molar-refractivity contribution in [2.75, 3.05) is 13.2 Å². The molecule has 0 spiro atoms. The predicted molar refractivity (Wildman–Crippen MR) is 61.4 cm³/mol. The van der Waals surface area contributed by atoms with Crippen molar-refractivity contribution in [2.24, 2.45) is 0 Å². The van der Waals surface area contributed by atoms with Gasteiger partial charge >= 0.3 is 0 Å². The second-order valence-corrected chi connectivity index (χ2v) is 4.73. The fraction of sp³-hybridized carbons (Fsp3) is 0.636. The van der Waals surface area contributed by atoms with Gasteiger partial charge in [0.05, 0.1) is 12.1 Å². The van der Waals surface area contributed by atoms with E-state index in [1.165, 1.54) is 0 Å². The molecule has 0 unspecified atom stereocenters. The molecule has 0 aliphatic carbocycles. The van der Waals surface area contributed by atoms with Gasteiger partial charge in [0, 0.05) is 12.2 Å². The third-order valence-corrected chi connectivity index (χ3v) is 2.15. The van der Waals surface area contributed by atoms with Crippen molar-refractivity contribution < 1.29 is 9.90 Å². The largest absolute Gasteiger partial charge is 0.395 e. The number of aromatic nitrogens is 2. The quantitative estimate of drug-likeness (QED) is 0.794. The molecule has 0 aliphatic rings. The van der Waals surface area contributed by atoms with Crippen molar-refractivity contribution in [3.05, 3.63) is 17.5 Å². The zero-order chi connectivity index (χ0) is 12.3. The highest BCUT2D eigenvalue weighted by atomic mass is 16.3. The minimum Gasteiger partial charge on any atom is -0.395 e. The summed E-state index contributed by atoms with van der Waals surface area (Å²) in [7, 11) is 0. The van der Waals surface area contributed by atoms with Gasteiger partial charge in [-0.05, 0) is 33.8 Å². The van der Waals surface area contributed by atoms with E-state index in [2.05, 4.69) is 10.4 Å². The maximum absolute atomic E-state index is 11.6. The van der Waals surface area contributed by atoms with Crippen molar-refractivity contribution in [1.29, 1.82) is 0 Å². The number of hydrogen-bond donors (Lipinski definition) is 2. The van der Waals surface area contributed by atoms with Crippen LogP contribution in [0.5, 0.6) is 0 Å². The summed E-state index contributed by atoms with van der Waals surface area (Å²) < 4.78 is 1.82. The zero-order valence-electron chi connectivity index (χ0n) is 10.2. The molecule has 0 saturated carbocycles. The summed E-state index contributed by atoms with van der Waals surface area (Å²) in [6.45, 7) is 8.19. The van der Waals surface area contributed by atoms with Crippen LogP contribution in [0.25, 0.3) is 0 Å². The Morgan fingerprint density at radius 3 is 2.62 bits per heavy atom. The highest BCUT2D eigenvalue weighted by Gasteiger charge is 2.19. The van der Waals surface area contributed by atoms with Crippen LogP contribution in [0.15, 0.2) is 6.07 Å². The molecule has 1 aromatic heterocycles. The van der Waals surface area contributed by atoms with E-state index < -0.39 is 0 Å². The molecule has 0 fully saturated rings. The van der Waals surface area contributed by atoms with Gasteiger partial charge < -0.3 is 10.4 Å². The van der Waals surface area contributed by atoms with Crippen LogP contribution in [-0.2, 0) is 5.54 Å². The average Bonchev–Trinajstić information content (AvgIpc) is 2.56. The molecule has 90 valence electrons. The first kappa shape index (κ1) is 12.7. The normalized spacial score (nSPS) is 11.6. The van der Waals surface area contributed by atoms with E-state index >= 15 is 0 Å². The molecule has 16 heavy (non-hydrogen) atoms. The third kappa shape index (κ3) is 2.82. The molecule has 0 radical (unpaired) electrons. The Kier molecular flexibility index (Phi) is 3.70. The lowest BCUT2D eigenvalue weighted by atomic mass is 10.1. The van der Waals surface area contributed by atoms with Crippen LogP contribution < -0.4 is 5.32 Å². The van der Waals surface area contributed by atoms with Gasteiger partial charge in [-0.1, -0.05) is 0 Å². The molecule has 1 rings (SSSR count). The molecule has 1 aromatic rings. The molecule has 0 aliphatic heterocycles. The van der Waals surface area contributed by atoms with Crippen molar-refractivity contribution in [2.45, 2.75) is 33.2 Å². The molecule has 5 nitrogen and oxygen atoms in total. The highest BCUT2D eigenvalue weighted by Crippen LogP contribution is 2.16. The first-order chi connectivity index (χ1) is 7.36. The van der Waals surface area contributed by atoms with E-state index in [0.29, 0.717) is 5.69 Å². The second-order valence-electron chi connectivity index (χ2n) is 4.73. The number of hydrogen-bond acceptors (Lipinski definition) is 3. The van der Waals surface area contributed by atoms with Crippen LogP contribution in [0, 0.1) is 6.92 Å². The summed E-state index contributed by atoms with van der Waals surface area (Å²) in [5.41, 5.74) is 1.20. The van der Waals surface area contributed by atoms with Gasteiger partial charge in [-0.2, -0.15) is 5.10 Å². The maximum Gasteiger partial charge on any atom is 0.271 e. The summed E-state index contributed by atoms with van der Waals surface area (Å²) in [6, 6.07) is 1.75. The van der Waals surface area contributed by atoms with Crippen molar-refractivity contribution in [3.8, 4) is 0 Å². The average molecular weight is 225 g/mol. The molecule has 1 heterocycles. The van der Waals surface area contributed by atoms with Gasteiger partial charge in [-0.15, -0.1) is 0 Å². The summed E-state index contributed by atoms with van der Waals surface area (Å²) in [6.07, 6.45) is 0. The fourth-order valence-corrected chi connectivity index (χ4v) is 1.52. The SMILES string of the molecule is Cc1cc(C(=O)NCCO)nn1C(C)(C)C. The van der Waals surface area contributed by atoms with E-state index in [1.807, 2.05) is 32.4 Å². The lowest BCUT2D eigenvalue weighted by molar-refractivity contribution is 0.0938. The Morgan fingerprint density at radius 1 is 1.56 bits per heavy atom. The first-order valence-electron chi connectivity index (χ1n) is 5.32. The molecule has 0 saturated heterocycles. The van der Waals surface area contributed by atoms with Crippen LogP contribution in [0.4, 0.5) is 0 Å². The first-order valence-corrected chi connectivity index (χ1v) is 5.32. The summed E-state index contributed by atoms with van der Waals surface area (Å²) in [4.78, 5) is 11.6. The van der Waals surface area contributed by atoms with E-state index in [0.717, 1.165) is 5.69 Å². The zero-order valence-corrected chi connectivity index (χ0v) is 10.2. The van der Waals surface area contributed by atoms with E-state index in [-0.39, 0.29) is 24.6 Å². The molecule has 0 bridgehead atoms. The van der Waals surface area contributed by atoms with Gasteiger partial charge in [0.25, 0.3) is 5.91 Å². The van der Waals surface area contributed by atoms with Crippen molar-refractivity contribution in [1.82, 2.24) is 15.1 Å². The van der Waals surface area contributed by atoms with Crippen LogP contribution in [0.2, 0.25) is 0 Å². The molecule has 0 atom stereocenters. The van der Waals surface area contributed by atoms with Gasteiger partial charge in [0.2, 0.25) is 0 Å². The Morgan fingerprint density at radius 2 is 2.19 bits per heavy atom. The molecule has 5 heteroatoms. The number of rotatable bonds is 3. The van der Waals surface area contributed by atoms with Gasteiger partial charge in [-0.3, -0.25) is 9.48 Å². The number of aryl methyl sites for hydroxylation is 1. The predicted octanol–water partition coefficient (Wildman–Crippen LogP) is 0.669. The third-order valence-electron chi connectivity index (χ3n) is 2.15.